The van der Waals surface area contributed by atoms with Gasteiger partial charge in [0.2, 0.25) is 0 Å². The van der Waals surface area contributed by atoms with Crippen molar-refractivity contribution in [1.82, 2.24) is 14.8 Å². The molecule has 2 saturated heterocycles. The lowest BCUT2D eigenvalue weighted by Gasteiger charge is -2.26. The first kappa shape index (κ1) is 14.3. The monoisotopic (exact) mass is 289 g/mol. The van der Waals surface area contributed by atoms with Gasteiger partial charge in [-0.05, 0) is 39.3 Å². The molecule has 2 fully saturated rings. The quantitative estimate of drug-likeness (QED) is 0.627. The van der Waals surface area contributed by atoms with E-state index in [0.717, 1.165) is 25.2 Å². The van der Waals surface area contributed by atoms with Gasteiger partial charge in [-0.25, -0.2) is 0 Å². The van der Waals surface area contributed by atoms with E-state index >= 15 is 0 Å². The van der Waals surface area contributed by atoms with Crippen LogP contribution in [0.25, 0.3) is 0 Å². The van der Waals surface area contributed by atoms with Crippen molar-refractivity contribution in [3.63, 3.8) is 0 Å². The lowest BCUT2D eigenvalue weighted by atomic mass is 10.1. The molecule has 21 heavy (non-hydrogen) atoms. The molecule has 1 amide bonds. The van der Waals surface area contributed by atoms with Crippen LogP contribution in [-0.2, 0) is 0 Å². The Bertz CT molecular complexity index is 547. The zero-order valence-electron chi connectivity index (χ0n) is 12.7. The number of fused-ring (bicyclic) bond motifs is 2. The van der Waals surface area contributed by atoms with Gasteiger partial charge in [-0.15, -0.1) is 0 Å². The van der Waals surface area contributed by atoms with Crippen LogP contribution >= 0.6 is 0 Å². The molecule has 1 aromatic heterocycles. The molecule has 2 unspecified atom stereocenters. The minimum Gasteiger partial charge on any atom is -0.337 e. The molecule has 1 aromatic rings. The third-order valence-electron chi connectivity index (χ3n) is 4.86. The molecular formula is C15H23N5O. The van der Waals surface area contributed by atoms with Gasteiger partial charge in [-0.2, -0.15) is 0 Å². The highest BCUT2D eigenvalue weighted by Crippen LogP contribution is 2.29. The minimum absolute atomic E-state index is 0.0244. The second-order valence-electron chi connectivity index (χ2n) is 6.11. The number of hydrogen-bond donors (Lipinski definition) is 2. The fraction of sp³-hybridized carbons (Fsp3) is 0.600. The third kappa shape index (κ3) is 2.61. The summed E-state index contributed by atoms with van der Waals surface area (Å²) in [5, 5.41) is 0. The number of nitrogens with two attached hydrogens (primary N) is 1. The number of likely N-dealkylation sites (N-methyl/N-ethyl adjacent to an activating group) is 1. The number of pyridine rings is 1. The Hall–Kier alpha value is -1.66. The predicted molar refractivity (Wildman–Crippen MR) is 81.9 cm³/mol. The molecule has 2 bridgehead atoms. The number of aromatic nitrogens is 1. The Balaban J connectivity index is 1.82. The number of likely N-dealkylation sites (tertiary alicyclic amines) is 1. The molecule has 0 spiro atoms. The highest BCUT2D eigenvalue weighted by molar-refractivity contribution is 5.99. The summed E-state index contributed by atoms with van der Waals surface area (Å²) in [6.07, 6.45) is 5.10. The summed E-state index contributed by atoms with van der Waals surface area (Å²) in [7, 11) is 2.18. The first-order valence-corrected chi connectivity index (χ1v) is 7.54. The van der Waals surface area contributed by atoms with Crippen LogP contribution in [0.4, 0.5) is 5.69 Å². The van der Waals surface area contributed by atoms with E-state index in [1.54, 1.807) is 6.20 Å². The van der Waals surface area contributed by atoms with Gasteiger partial charge in [0.1, 0.15) is 0 Å². The maximum absolute atomic E-state index is 12.8. The van der Waals surface area contributed by atoms with Gasteiger partial charge in [0.25, 0.3) is 5.91 Å². The smallest absolute Gasteiger partial charge is 0.257 e. The van der Waals surface area contributed by atoms with Gasteiger partial charge in [0.05, 0.1) is 11.3 Å². The van der Waals surface area contributed by atoms with E-state index in [-0.39, 0.29) is 5.91 Å². The molecule has 3 N–H and O–H groups in total. The normalized spacial score (nSPS) is 25.8. The highest BCUT2D eigenvalue weighted by atomic mass is 16.2. The zero-order chi connectivity index (χ0) is 15.0. The fourth-order valence-corrected chi connectivity index (χ4v) is 3.51. The fourth-order valence-electron chi connectivity index (χ4n) is 3.51. The van der Waals surface area contributed by atoms with Crippen LogP contribution in [0, 0.1) is 6.92 Å². The molecule has 2 atom stereocenters. The number of hydrogen-bond acceptors (Lipinski definition) is 5. The molecule has 6 heteroatoms. The van der Waals surface area contributed by atoms with E-state index in [1.807, 2.05) is 17.9 Å². The summed E-state index contributed by atoms with van der Waals surface area (Å²) in [4.78, 5) is 21.4. The van der Waals surface area contributed by atoms with Crippen LogP contribution in [0.5, 0.6) is 0 Å². The number of hydrazine groups is 1. The van der Waals surface area contributed by atoms with Crippen LogP contribution in [0.2, 0.25) is 0 Å². The lowest BCUT2D eigenvalue weighted by molar-refractivity contribution is 0.0740. The van der Waals surface area contributed by atoms with Crippen molar-refractivity contribution < 1.29 is 4.79 Å². The average molecular weight is 289 g/mol. The zero-order valence-corrected chi connectivity index (χ0v) is 12.7. The number of nitrogens with zero attached hydrogens (tertiary/aromatic N) is 3. The second kappa shape index (κ2) is 5.61. The van der Waals surface area contributed by atoms with Gasteiger partial charge < -0.3 is 10.3 Å². The van der Waals surface area contributed by atoms with E-state index < -0.39 is 0 Å². The van der Waals surface area contributed by atoms with Gasteiger partial charge in [-0.1, -0.05) is 0 Å². The number of amides is 1. The highest BCUT2D eigenvalue weighted by Gasteiger charge is 2.36. The van der Waals surface area contributed by atoms with Crippen molar-refractivity contribution in [2.24, 2.45) is 5.84 Å². The topological polar surface area (TPSA) is 74.5 Å². The van der Waals surface area contributed by atoms with Crippen LogP contribution in [0.15, 0.2) is 12.3 Å². The molecular weight excluding hydrogens is 266 g/mol. The van der Waals surface area contributed by atoms with E-state index in [1.165, 1.54) is 12.8 Å². The number of rotatable bonds is 2. The van der Waals surface area contributed by atoms with E-state index in [2.05, 4.69) is 22.4 Å². The third-order valence-corrected chi connectivity index (χ3v) is 4.86. The van der Waals surface area contributed by atoms with E-state index in [9.17, 15) is 4.79 Å². The van der Waals surface area contributed by atoms with Crippen LogP contribution in [0.3, 0.4) is 0 Å². The van der Waals surface area contributed by atoms with Crippen molar-refractivity contribution in [3.8, 4) is 0 Å². The van der Waals surface area contributed by atoms with E-state index in [4.69, 9.17) is 5.84 Å². The van der Waals surface area contributed by atoms with E-state index in [0.29, 0.717) is 23.3 Å². The lowest BCUT2D eigenvalue weighted by Crippen LogP contribution is -2.40. The molecule has 6 nitrogen and oxygen atoms in total. The molecule has 0 aromatic carbocycles. The number of nitrogen functional groups attached to an aromatic ring is 1. The molecule has 114 valence electrons. The van der Waals surface area contributed by atoms with Crippen molar-refractivity contribution >= 4 is 11.6 Å². The van der Waals surface area contributed by atoms with Crippen LogP contribution < -0.4 is 11.3 Å². The standard InChI is InChI=1S/C15H23N5O/c1-10-7-14(18-16)13(8-17-10)15(21)20-6-5-11-3-4-12(9-20)19(11)2/h7-8,11-12H,3-6,9,16H2,1-2H3,(H,17,18). The summed E-state index contributed by atoms with van der Waals surface area (Å²) in [5.74, 6) is 5.57. The summed E-state index contributed by atoms with van der Waals surface area (Å²) < 4.78 is 0. The maximum Gasteiger partial charge on any atom is 0.257 e. The molecule has 2 aliphatic heterocycles. The predicted octanol–water partition coefficient (Wildman–Crippen LogP) is 0.984. The second-order valence-corrected chi connectivity index (χ2v) is 6.11. The van der Waals surface area contributed by atoms with Crippen molar-refractivity contribution in [3.05, 3.63) is 23.5 Å². The number of carbonyl (C=O) groups excluding carboxylic acids is 1. The van der Waals surface area contributed by atoms with Crippen molar-refractivity contribution in [1.29, 1.82) is 0 Å². The summed E-state index contributed by atoms with van der Waals surface area (Å²) >= 11 is 0. The Morgan fingerprint density at radius 2 is 2.14 bits per heavy atom. The Kier molecular flexibility index (Phi) is 3.82. The van der Waals surface area contributed by atoms with Crippen LogP contribution in [-0.4, -0.2) is 52.9 Å². The average Bonchev–Trinajstić information content (AvgIpc) is 2.71. The van der Waals surface area contributed by atoms with Crippen molar-refractivity contribution in [2.45, 2.75) is 38.3 Å². The molecule has 3 rings (SSSR count). The first-order valence-electron chi connectivity index (χ1n) is 7.54. The molecule has 2 aliphatic rings. The number of anilines is 1. The first-order chi connectivity index (χ1) is 10.1. The van der Waals surface area contributed by atoms with Gasteiger partial charge in [0.15, 0.2) is 0 Å². The van der Waals surface area contributed by atoms with Gasteiger partial charge in [-0.3, -0.25) is 20.5 Å². The molecule has 0 saturated carbocycles. The minimum atomic E-state index is 0.0244. The Labute approximate surface area is 125 Å². The summed E-state index contributed by atoms with van der Waals surface area (Å²) in [6.45, 7) is 3.49. The SMILES string of the molecule is Cc1cc(NN)c(C(=O)N2CCC3CCC(C2)N3C)cn1. The van der Waals surface area contributed by atoms with Crippen LogP contribution in [0.1, 0.15) is 35.3 Å². The van der Waals surface area contributed by atoms with Gasteiger partial charge in [0, 0.05) is 37.1 Å². The summed E-state index contributed by atoms with van der Waals surface area (Å²) in [6, 6.07) is 2.91. The largest absolute Gasteiger partial charge is 0.337 e. The van der Waals surface area contributed by atoms with Crippen molar-refractivity contribution in [2.75, 3.05) is 25.6 Å². The Morgan fingerprint density at radius 3 is 2.90 bits per heavy atom. The number of carbonyl (C=O) groups is 1. The number of nitrogens with one attached hydrogen (secondary N) is 1. The maximum atomic E-state index is 12.8. The number of aryl methyl sites for hydroxylation is 1. The molecule has 3 heterocycles. The molecule has 0 radical (unpaired) electrons. The van der Waals surface area contributed by atoms with Gasteiger partial charge >= 0.3 is 0 Å². The Morgan fingerprint density at radius 1 is 1.38 bits per heavy atom. The molecule has 0 aliphatic carbocycles. The summed E-state index contributed by atoms with van der Waals surface area (Å²) in [5.41, 5.74) is 4.67.